The van der Waals surface area contributed by atoms with Crippen molar-refractivity contribution in [3.05, 3.63) is 35.4 Å². The molecule has 0 atom stereocenters. The average Bonchev–Trinajstić information content (AvgIpc) is 2.43. The summed E-state index contributed by atoms with van der Waals surface area (Å²) in [6, 6.07) is 5.74. The van der Waals surface area contributed by atoms with E-state index in [1.165, 1.54) is 31.4 Å². The van der Waals surface area contributed by atoms with E-state index in [1.54, 1.807) is 0 Å². The smallest absolute Gasteiger partial charge is 0.337 e. The van der Waals surface area contributed by atoms with E-state index < -0.39 is 11.8 Å². The Morgan fingerprint density at radius 3 is 2.06 bits per heavy atom. The Bertz CT molecular complexity index is 458. The molecular weight excluding hydrogens is 238 g/mol. The molecule has 0 aliphatic rings. The predicted octanol–water partition coefficient (Wildman–Crippen LogP) is 0.271. The lowest BCUT2D eigenvalue weighted by Crippen LogP contribution is -2.27. The summed E-state index contributed by atoms with van der Waals surface area (Å²) in [4.78, 5) is 44.2. The first-order valence-corrected chi connectivity index (χ1v) is 5.00. The van der Waals surface area contributed by atoms with Crippen LogP contribution in [0.25, 0.3) is 0 Å². The number of nitrogens with zero attached hydrogens (tertiary/aromatic N) is 1. The number of ketones is 1. The van der Waals surface area contributed by atoms with Crippen LogP contribution in [0.4, 0.5) is 0 Å². The maximum absolute atomic E-state index is 11.6. The molecule has 6 heteroatoms. The van der Waals surface area contributed by atoms with Crippen LogP contribution < -0.4 is 0 Å². The van der Waals surface area contributed by atoms with E-state index in [0.717, 1.165) is 0 Å². The number of amides is 2. The number of Topliss-reactive ketones (excluding diaryl/α,β-unsaturated/α-hetero) is 1. The fourth-order valence-corrected chi connectivity index (χ4v) is 1.27. The molecule has 0 saturated carbocycles. The second-order valence-electron chi connectivity index (χ2n) is 3.38. The van der Waals surface area contributed by atoms with Crippen LogP contribution >= 0.6 is 0 Å². The van der Waals surface area contributed by atoms with Gasteiger partial charge < -0.3 is 4.74 Å². The van der Waals surface area contributed by atoms with Gasteiger partial charge in [-0.15, -0.1) is 0 Å². The lowest BCUT2D eigenvalue weighted by atomic mass is 10.1. The molecular formula is C12H11NO5. The molecule has 2 amide bonds. The summed E-state index contributed by atoms with van der Waals surface area (Å²) in [7, 11) is 1.26. The van der Waals surface area contributed by atoms with Gasteiger partial charge in [-0.3, -0.25) is 19.3 Å². The molecule has 0 aliphatic heterocycles. The monoisotopic (exact) mass is 249 g/mol. The molecule has 1 aromatic carbocycles. The van der Waals surface area contributed by atoms with E-state index in [0.29, 0.717) is 16.0 Å². The number of benzene rings is 1. The number of ether oxygens (including phenoxy) is 1. The summed E-state index contributed by atoms with van der Waals surface area (Å²) in [5.41, 5.74) is 0.619. The quantitative estimate of drug-likeness (QED) is 0.410. The molecule has 0 aliphatic carbocycles. The van der Waals surface area contributed by atoms with Crippen molar-refractivity contribution in [2.75, 3.05) is 13.7 Å². The normalized spacial score (nSPS) is 9.39. The number of carbonyl (C=O) groups excluding carboxylic acids is 4. The Balaban J connectivity index is 2.79. The minimum absolute atomic E-state index is 0.272. The minimum Gasteiger partial charge on any atom is -0.465 e. The van der Waals surface area contributed by atoms with E-state index in [-0.39, 0.29) is 19.4 Å². The number of carbonyl (C=O) groups is 4. The van der Waals surface area contributed by atoms with Crippen molar-refractivity contribution in [1.82, 2.24) is 4.90 Å². The molecule has 18 heavy (non-hydrogen) atoms. The largest absolute Gasteiger partial charge is 0.465 e. The van der Waals surface area contributed by atoms with Crippen LogP contribution in [0.2, 0.25) is 0 Å². The Labute approximate surface area is 103 Å². The van der Waals surface area contributed by atoms with E-state index in [2.05, 4.69) is 4.74 Å². The van der Waals surface area contributed by atoms with Crippen molar-refractivity contribution in [2.24, 2.45) is 0 Å². The lowest BCUT2D eigenvalue weighted by molar-refractivity contribution is -0.128. The molecule has 94 valence electrons. The molecule has 0 bridgehead atoms. The van der Waals surface area contributed by atoms with Gasteiger partial charge in [-0.2, -0.15) is 0 Å². The van der Waals surface area contributed by atoms with Gasteiger partial charge in [0.15, 0.2) is 5.78 Å². The van der Waals surface area contributed by atoms with Gasteiger partial charge in [0.25, 0.3) is 0 Å². The van der Waals surface area contributed by atoms with Crippen molar-refractivity contribution in [3.8, 4) is 0 Å². The van der Waals surface area contributed by atoms with Gasteiger partial charge in [-0.1, -0.05) is 12.1 Å². The standard InChI is InChI=1S/C12H11NO5/c1-18-12(17)10-4-2-9(3-5-10)11(16)6-13(7-14)8-15/h2-5,7-8H,6H2,1H3. The molecule has 1 aromatic rings. The van der Waals surface area contributed by atoms with Gasteiger partial charge >= 0.3 is 5.97 Å². The Morgan fingerprint density at radius 1 is 1.11 bits per heavy atom. The van der Waals surface area contributed by atoms with Crippen molar-refractivity contribution in [1.29, 1.82) is 0 Å². The van der Waals surface area contributed by atoms with Gasteiger partial charge in [0.05, 0.1) is 19.2 Å². The molecule has 0 fully saturated rings. The molecule has 6 nitrogen and oxygen atoms in total. The van der Waals surface area contributed by atoms with Gasteiger partial charge in [0, 0.05) is 5.56 Å². The lowest BCUT2D eigenvalue weighted by Gasteiger charge is -2.07. The highest BCUT2D eigenvalue weighted by molar-refractivity contribution is 6.00. The third kappa shape index (κ3) is 3.24. The number of imide groups is 1. The molecule has 0 unspecified atom stereocenters. The third-order valence-electron chi connectivity index (χ3n) is 2.22. The maximum Gasteiger partial charge on any atom is 0.337 e. The minimum atomic E-state index is -0.503. The summed E-state index contributed by atoms with van der Waals surface area (Å²) in [6.07, 6.45) is 0.543. The first-order valence-electron chi connectivity index (χ1n) is 5.00. The molecule has 0 saturated heterocycles. The molecule has 1 rings (SSSR count). The highest BCUT2D eigenvalue weighted by Crippen LogP contribution is 2.07. The summed E-state index contributed by atoms with van der Waals surface area (Å²) < 4.78 is 4.51. The Hall–Kier alpha value is -2.50. The van der Waals surface area contributed by atoms with Gasteiger partial charge in [-0.05, 0) is 12.1 Å². The first-order chi connectivity index (χ1) is 8.62. The first kappa shape index (κ1) is 13.6. The van der Waals surface area contributed by atoms with Crippen LogP contribution in [0.5, 0.6) is 0 Å². The average molecular weight is 249 g/mol. The zero-order chi connectivity index (χ0) is 13.5. The highest BCUT2D eigenvalue weighted by atomic mass is 16.5. The summed E-state index contributed by atoms with van der Waals surface area (Å²) >= 11 is 0. The summed E-state index contributed by atoms with van der Waals surface area (Å²) in [6.45, 7) is -0.329. The van der Waals surface area contributed by atoms with E-state index in [4.69, 9.17) is 0 Å². The van der Waals surface area contributed by atoms with Crippen molar-refractivity contribution < 1.29 is 23.9 Å². The maximum atomic E-state index is 11.6. The summed E-state index contributed by atoms with van der Waals surface area (Å²) in [5.74, 6) is -0.901. The fourth-order valence-electron chi connectivity index (χ4n) is 1.27. The summed E-state index contributed by atoms with van der Waals surface area (Å²) in [5, 5.41) is 0. The Morgan fingerprint density at radius 2 is 1.61 bits per heavy atom. The number of hydrogen-bond donors (Lipinski definition) is 0. The van der Waals surface area contributed by atoms with Crippen LogP contribution in [0, 0.1) is 0 Å². The second kappa shape index (κ2) is 6.29. The second-order valence-corrected chi connectivity index (χ2v) is 3.38. The molecule has 0 radical (unpaired) electrons. The molecule has 0 heterocycles. The van der Waals surface area contributed by atoms with Crippen molar-refractivity contribution in [3.63, 3.8) is 0 Å². The number of hydrogen-bond acceptors (Lipinski definition) is 5. The molecule has 0 spiro atoms. The molecule has 0 aromatic heterocycles. The predicted molar refractivity (Wildman–Crippen MR) is 60.9 cm³/mol. The van der Waals surface area contributed by atoms with E-state index in [1.807, 2.05) is 0 Å². The van der Waals surface area contributed by atoms with Gasteiger partial charge in [-0.25, -0.2) is 4.79 Å². The topological polar surface area (TPSA) is 80.8 Å². The van der Waals surface area contributed by atoms with Crippen molar-refractivity contribution in [2.45, 2.75) is 0 Å². The van der Waals surface area contributed by atoms with E-state index in [9.17, 15) is 19.2 Å². The number of esters is 1. The van der Waals surface area contributed by atoms with Crippen molar-refractivity contribution >= 4 is 24.6 Å². The number of rotatable bonds is 6. The fraction of sp³-hybridized carbons (Fsp3) is 0.167. The SMILES string of the molecule is COC(=O)c1ccc(C(=O)CN(C=O)C=O)cc1. The zero-order valence-corrected chi connectivity index (χ0v) is 9.66. The van der Waals surface area contributed by atoms with Crippen LogP contribution in [0.15, 0.2) is 24.3 Å². The van der Waals surface area contributed by atoms with Crippen LogP contribution in [-0.2, 0) is 14.3 Å². The van der Waals surface area contributed by atoms with Gasteiger partial charge in [0.1, 0.15) is 0 Å². The van der Waals surface area contributed by atoms with Crippen LogP contribution in [0.3, 0.4) is 0 Å². The van der Waals surface area contributed by atoms with Crippen LogP contribution in [0.1, 0.15) is 20.7 Å². The highest BCUT2D eigenvalue weighted by Gasteiger charge is 2.11. The number of methoxy groups -OCH3 is 1. The third-order valence-corrected chi connectivity index (χ3v) is 2.22. The van der Waals surface area contributed by atoms with E-state index >= 15 is 0 Å². The van der Waals surface area contributed by atoms with Crippen LogP contribution in [-0.4, -0.2) is 43.1 Å². The molecule has 0 N–H and O–H groups in total. The zero-order valence-electron chi connectivity index (χ0n) is 9.66. The Kier molecular flexibility index (Phi) is 4.74. The van der Waals surface area contributed by atoms with Gasteiger partial charge in [0.2, 0.25) is 12.8 Å².